The molecule has 2 rings (SSSR count). The third kappa shape index (κ3) is 4.03. The van der Waals surface area contributed by atoms with Crippen LogP contribution in [0.5, 0.6) is 0 Å². The molecular formula is C14H16BrNO5. The Morgan fingerprint density at radius 1 is 1.29 bits per heavy atom. The maximum atomic E-state index is 12.3. The molecule has 1 amide bonds. The molecule has 0 unspecified atom stereocenters. The van der Waals surface area contributed by atoms with E-state index < -0.39 is 5.97 Å². The highest BCUT2D eigenvalue weighted by Crippen LogP contribution is 2.20. The summed E-state index contributed by atoms with van der Waals surface area (Å²) in [6, 6.07) is 4.47. The highest BCUT2D eigenvalue weighted by molar-refractivity contribution is 9.10. The quantitative estimate of drug-likeness (QED) is 0.783. The van der Waals surface area contributed by atoms with Gasteiger partial charge >= 0.3 is 5.97 Å². The van der Waals surface area contributed by atoms with Crippen molar-refractivity contribution < 1.29 is 24.2 Å². The summed E-state index contributed by atoms with van der Waals surface area (Å²) in [5.41, 5.74) is 0.443. The van der Waals surface area contributed by atoms with E-state index in [1.807, 2.05) is 0 Å². The number of halogens is 1. The molecule has 1 saturated heterocycles. The Bertz CT molecular complexity index is 542. The Labute approximate surface area is 130 Å². The zero-order valence-electron chi connectivity index (χ0n) is 11.5. The van der Waals surface area contributed by atoms with Gasteiger partial charge in [-0.3, -0.25) is 4.79 Å². The molecule has 1 aliphatic heterocycles. The number of likely N-dealkylation sites (tertiary alicyclic amines) is 1. The maximum Gasteiger partial charge on any atom is 0.335 e. The zero-order valence-corrected chi connectivity index (χ0v) is 13.1. The van der Waals surface area contributed by atoms with Gasteiger partial charge in [0.2, 0.25) is 0 Å². The van der Waals surface area contributed by atoms with Crippen molar-refractivity contribution in [3.8, 4) is 0 Å². The van der Waals surface area contributed by atoms with Gasteiger partial charge in [0.15, 0.2) is 0 Å². The second kappa shape index (κ2) is 7.02. The molecule has 0 spiro atoms. The largest absolute Gasteiger partial charge is 0.478 e. The van der Waals surface area contributed by atoms with Crippen LogP contribution in [0.4, 0.5) is 0 Å². The van der Waals surface area contributed by atoms with Crippen molar-refractivity contribution in [2.45, 2.75) is 6.10 Å². The van der Waals surface area contributed by atoms with Crippen LogP contribution in [0, 0.1) is 0 Å². The minimum atomic E-state index is -1.06. The van der Waals surface area contributed by atoms with Gasteiger partial charge in [-0.05, 0) is 18.2 Å². The van der Waals surface area contributed by atoms with Crippen molar-refractivity contribution in [2.24, 2.45) is 0 Å². The van der Waals surface area contributed by atoms with E-state index in [1.165, 1.54) is 12.1 Å². The number of hydrogen-bond acceptors (Lipinski definition) is 4. The van der Waals surface area contributed by atoms with Gasteiger partial charge < -0.3 is 19.5 Å². The number of aromatic carboxylic acids is 1. The van der Waals surface area contributed by atoms with E-state index in [1.54, 1.807) is 18.1 Å². The lowest BCUT2D eigenvalue weighted by molar-refractivity contribution is -0.0554. The summed E-state index contributed by atoms with van der Waals surface area (Å²) in [7, 11) is 1.60. The Kier molecular flexibility index (Phi) is 5.33. The number of hydrogen-bond donors (Lipinski definition) is 1. The van der Waals surface area contributed by atoms with Crippen molar-refractivity contribution in [3.05, 3.63) is 33.8 Å². The highest BCUT2D eigenvalue weighted by atomic mass is 79.9. The fraction of sp³-hybridized carbons (Fsp3) is 0.429. The van der Waals surface area contributed by atoms with Gasteiger partial charge in [-0.25, -0.2) is 4.79 Å². The fourth-order valence-electron chi connectivity index (χ4n) is 2.03. The molecule has 1 N–H and O–H groups in total. The van der Waals surface area contributed by atoms with E-state index in [4.69, 9.17) is 14.6 Å². The predicted octanol–water partition coefficient (Wildman–Crippen LogP) is 1.63. The van der Waals surface area contributed by atoms with Crippen LogP contribution in [0.2, 0.25) is 0 Å². The van der Waals surface area contributed by atoms with Crippen LogP contribution in [-0.2, 0) is 9.47 Å². The van der Waals surface area contributed by atoms with Crippen LogP contribution in [0.1, 0.15) is 20.7 Å². The molecule has 1 aromatic rings. The molecule has 0 aromatic heterocycles. The van der Waals surface area contributed by atoms with Crippen LogP contribution < -0.4 is 0 Å². The van der Waals surface area contributed by atoms with E-state index in [2.05, 4.69) is 15.9 Å². The molecule has 1 fully saturated rings. The molecule has 21 heavy (non-hydrogen) atoms. The number of amides is 1. The van der Waals surface area contributed by atoms with Gasteiger partial charge in [0.1, 0.15) is 0 Å². The third-order valence-corrected chi connectivity index (χ3v) is 3.63. The average Bonchev–Trinajstić information content (AvgIpc) is 2.40. The first-order chi connectivity index (χ1) is 10.0. The fourth-order valence-corrected chi connectivity index (χ4v) is 2.52. The second-order valence-electron chi connectivity index (χ2n) is 4.73. The number of carbonyl (C=O) groups excluding carboxylic acids is 1. The van der Waals surface area contributed by atoms with E-state index in [-0.39, 0.29) is 17.6 Å². The maximum absolute atomic E-state index is 12.3. The number of methoxy groups -OCH3 is 1. The molecule has 7 heteroatoms. The Morgan fingerprint density at radius 2 is 1.95 bits per heavy atom. The topological polar surface area (TPSA) is 76.1 Å². The molecule has 1 aliphatic rings. The molecule has 1 heterocycles. The molecule has 0 bridgehead atoms. The molecule has 0 radical (unpaired) electrons. The van der Waals surface area contributed by atoms with E-state index in [9.17, 15) is 9.59 Å². The van der Waals surface area contributed by atoms with Crippen molar-refractivity contribution >= 4 is 27.8 Å². The number of benzene rings is 1. The van der Waals surface area contributed by atoms with Crippen LogP contribution in [-0.4, -0.2) is 61.4 Å². The lowest BCUT2D eigenvalue weighted by Gasteiger charge is -2.39. The SMILES string of the molecule is COCCOC1CN(C(=O)c2cc(Br)cc(C(=O)O)c2)C1. The van der Waals surface area contributed by atoms with Crippen molar-refractivity contribution in [1.82, 2.24) is 4.90 Å². The number of nitrogens with zero attached hydrogens (tertiary/aromatic N) is 1. The standard InChI is InChI=1S/C14H16BrNO5/c1-20-2-3-21-12-7-16(8-12)13(17)9-4-10(14(18)19)6-11(15)5-9/h4-6,12H,2-3,7-8H2,1H3,(H,18,19). The predicted molar refractivity (Wildman–Crippen MR) is 78.6 cm³/mol. The number of carboxylic acid groups (broad SMARTS) is 1. The van der Waals surface area contributed by atoms with Gasteiger partial charge in [-0.15, -0.1) is 0 Å². The van der Waals surface area contributed by atoms with Crippen LogP contribution in [0.3, 0.4) is 0 Å². The summed E-state index contributed by atoms with van der Waals surface area (Å²) >= 11 is 3.22. The summed E-state index contributed by atoms with van der Waals surface area (Å²) in [4.78, 5) is 24.9. The molecule has 1 aromatic carbocycles. The van der Waals surface area contributed by atoms with Gasteiger partial charge in [-0.2, -0.15) is 0 Å². The Morgan fingerprint density at radius 3 is 2.57 bits per heavy atom. The lowest BCUT2D eigenvalue weighted by atomic mass is 10.1. The molecular weight excluding hydrogens is 342 g/mol. The second-order valence-corrected chi connectivity index (χ2v) is 5.65. The number of carboxylic acids is 1. The molecule has 114 valence electrons. The average molecular weight is 358 g/mol. The third-order valence-electron chi connectivity index (χ3n) is 3.17. The van der Waals surface area contributed by atoms with Gasteiger partial charge in [0.25, 0.3) is 5.91 Å². The Balaban J connectivity index is 1.95. The first-order valence-electron chi connectivity index (χ1n) is 6.45. The Hall–Kier alpha value is -1.44. The van der Waals surface area contributed by atoms with Crippen molar-refractivity contribution in [3.63, 3.8) is 0 Å². The van der Waals surface area contributed by atoms with Crippen molar-refractivity contribution in [2.75, 3.05) is 33.4 Å². The summed E-state index contributed by atoms with van der Waals surface area (Å²) in [6.45, 7) is 2.05. The summed E-state index contributed by atoms with van der Waals surface area (Å²) < 4.78 is 11.0. The summed E-state index contributed by atoms with van der Waals surface area (Å²) in [6.07, 6.45) is 0.0233. The van der Waals surface area contributed by atoms with Gasteiger partial charge in [0, 0.05) is 30.2 Å². The van der Waals surface area contributed by atoms with Gasteiger partial charge in [-0.1, -0.05) is 15.9 Å². The normalized spacial score (nSPS) is 14.9. The van der Waals surface area contributed by atoms with Crippen LogP contribution >= 0.6 is 15.9 Å². The number of carbonyl (C=O) groups is 2. The number of rotatable bonds is 6. The minimum absolute atomic E-state index is 0.0233. The van der Waals surface area contributed by atoms with Crippen LogP contribution in [0.25, 0.3) is 0 Å². The molecule has 6 nitrogen and oxygen atoms in total. The first kappa shape index (κ1) is 15.9. The summed E-state index contributed by atoms with van der Waals surface area (Å²) in [5.74, 6) is -1.25. The van der Waals surface area contributed by atoms with Crippen LogP contribution in [0.15, 0.2) is 22.7 Å². The first-order valence-corrected chi connectivity index (χ1v) is 7.24. The van der Waals surface area contributed by atoms with Crippen molar-refractivity contribution in [1.29, 1.82) is 0 Å². The molecule has 0 atom stereocenters. The zero-order chi connectivity index (χ0) is 15.4. The molecule has 0 saturated carbocycles. The van der Waals surface area contributed by atoms with E-state index in [0.717, 1.165) is 0 Å². The van der Waals surface area contributed by atoms with E-state index >= 15 is 0 Å². The molecule has 0 aliphatic carbocycles. The lowest BCUT2D eigenvalue weighted by Crippen LogP contribution is -2.55. The monoisotopic (exact) mass is 357 g/mol. The summed E-state index contributed by atoms with van der Waals surface area (Å²) in [5, 5.41) is 9.01. The minimum Gasteiger partial charge on any atom is -0.478 e. The van der Waals surface area contributed by atoms with Gasteiger partial charge in [0.05, 0.1) is 24.9 Å². The number of ether oxygens (including phenoxy) is 2. The smallest absolute Gasteiger partial charge is 0.335 e. The van der Waals surface area contributed by atoms with E-state index in [0.29, 0.717) is 36.3 Å². The highest BCUT2D eigenvalue weighted by Gasteiger charge is 2.32.